The summed E-state index contributed by atoms with van der Waals surface area (Å²) in [5.41, 5.74) is 0.694. The van der Waals surface area contributed by atoms with Gasteiger partial charge in [0.15, 0.2) is 10.6 Å². The van der Waals surface area contributed by atoms with E-state index in [2.05, 4.69) is 11.6 Å². The molecule has 0 spiro atoms. The number of fused-ring (bicyclic) bond motifs is 1. The average molecular weight is 240 g/mol. The molecule has 1 aromatic carbocycles. The van der Waals surface area contributed by atoms with Gasteiger partial charge in [-0.2, -0.15) is 0 Å². The number of benzene rings is 1. The first-order valence-corrected chi connectivity index (χ1v) is 5.22. The summed E-state index contributed by atoms with van der Waals surface area (Å²) in [4.78, 5) is 2.73. The van der Waals surface area contributed by atoms with E-state index in [-0.39, 0.29) is 5.52 Å². The maximum Gasteiger partial charge on any atom is 0.178 e. The van der Waals surface area contributed by atoms with Gasteiger partial charge in [0, 0.05) is 12.6 Å². The minimum absolute atomic E-state index is 0.246. The summed E-state index contributed by atoms with van der Waals surface area (Å²) >= 11 is 5.05. The Balaban J connectivity index is 2.68. The zero-order valence-electron chi connectivity index (χ0n) is 8.46. The summed E-state index contributed by atoms with van der Waals surface area (Å²) in [6, 6.07) is 2.11. The van der Waals surface area contributed by atoms with Crippen molar-refractivity contribution >= 4 is 23.3 Å². The normalized spacial score (nSPS) is 10.9. The molecule has 2 aromatic rings. The van der Waals surface area contributed by atoms with E-state index < -0.39 is 11.6 Å². The lowest BCUT2D eigenvalue weighted by Crippen LogP contribution is -1.97. The van der Waals surface area contributed by atoms with Crippen LogP contribution < -0.4 is 0 Å². The maximum atomic E-state index is 13.4. The smallest absolute Gasteiger partial charge is 0.178 e. The minimum atomic E-state index is -0.626. The van der Waals surface area contributed by atoms with E-state index in [0.29, 0.717) is 23.3 Å². The Morgan fingerprint density at radius 1 is 1.44 bits per heavy atom. The van der Waals surface area contributed by atoms with Crippen molar-refractivity contribution in [3.05, 3.63) is 41.2 Å². The molecule has 1 N–H and O–H groups in total. The van der Waals surface area contributed by atoms with Crippen LogP contribution in [0.4, 0.5) is 8.78 Å². The molecule has 0 aliphatic carbocycles. The summed E-state index contributed by atoms with van der Waals surface area (Å²) in [5, 5.41) is 0. The third-order valence-corrected chi connectivity index (χ3v) is 2.68. The highest BCUT2D eigenvalue weighted by atomic mass is 32.1. The lowest BCUT2D eigenvalue weighted by molar-refractivity contribution is 0.589. The number of aryl methyl sites for hydroxylation is 1. The molecule has 0 aliphatic heterocycles. The molecule has 1 aromatic heterocycles. The van der Waals surface area contributed by atoms with Crippen LogP contribution in [0.2, 0.25) is 0 Å². The van der Waals surface area contributed by atoms with Crippen molar-refractivity contribution in [2.24, 2.45) is 0 Å². The number of hydrogen-bond acceptors (Lipinski definition) is 1. The van der Waals surface area contributed by atoms with Crippen molar-refractivity contribution in [1.82, 2.24) is 9.55 Å². The fraction of sp³-hybridized carbons (Fsp3) is 0.182. The van der Waals surface area contributed by atoms with E-state index in [9.17, 15) is 8.78 Å². The number of aromatic amines is 1. The highest BCUT2D eigenvalue weighted by Gasteiger charge is 2.10. The Hall–Kier alpha value is -1.49. The second-order valence-electron chi connectivity index (χ2n) is 3.44. The van der Waals surface area contributed by atoms with E-state index in [0.717, 1.165) is 6.07 Å². The van der Waals surface area contributed by atoms with Gasteiger partial charge in [-0.3, -0.25) is 0 Å². The number of hydrogen-bond donors (Lipinski definition) is 1. The van der Waals surface area contributed by atoms with Crippen LogP contribution in [0.1, 0.15) is 6.42 Å². The van der Waals surface area contributed by atoms with Crippen molar-refractivity contribution in [2.45, 2.75) is 13.0 Å². The van der Waals surface area contributed by atoms with Gasteiger partial charge >= 0.3 is 0 Å². The van der Waals surface area contributed by atoms with Crippen molar-refractivity contribution in [2.75, 3.05) is 0 Å². The highest BCUT2D eigenvalue weighted by Crippen LogP contribution is 2.19. The van der Waals surface area contributed by atoms with E-state index in [1.54, 1.807) is 10.6 Å². The summed E-state index contributed by atoms with van der Waals surface area (Å²) in [7, 11) is 0. The molecule has 1 heterocycles. The quantitative estimate of drug-likeness (QED) is 0.642. The number of imidazole rings is 1. The molecule has 0 amide bonds. The van der Waals surface area contributed by atoms with E-state index >= 15 is 0 Å². The fourth-order valence-corrected chi connectivity index (χ4v) is 1.91. The third kappa shape index (κ3) is 1.78. The lowest BCUT2D eigenvalue weighted by atomic mass is 10.3. The summed E-state index contributed by atoms with van der Waals surface area (Å²) in [6.07, 6.45) is 2.43. The fourth-order valence-electron chi connectivity index (χ4n) is 1.62. The number of nitrogens with zero attached hydrogens (tertiary/aromatic N) is 1. The van der Waals surface area contributed by atoms with Gasteiger partial charge in [0.1, 0.15) is 11.3 Å². The molecule has 5 heteroatoms. The number of halogens is 2. The number of rotatable bonds is 3. The molecule has 0 fully saturated rings. The highest BCUT2D eigenvalue weighted by molar-refractivity contribution is 7.71. The third-order valence-electron chi connectivity index (χ3n) is 2.36. The zero-order valence-corrected chi connectivity index (χ0v) is 9.28. The van der Waals surface area contributed by atoms with Crippen molar-refractivity contribution < 1.29 is 8.78 Å². The van der Waals surface area contributed by atoms with Crippen LogP contribution in [0.25, 0.3) is 11.0 Å². The SMILES string of the molecule is C=CCCn1c(=S)[nH]c2c(F)cc(F)cc21. The molecule has 0 saturated heterocycles. The van der Waals surface area contributed by atoms with E-state index in [1.165, 1.54) is 6.07 Å². The molecular weight excluding hydrogens is 230 g/mol. The van der Waals surface area contributed by atoms with Crippen molar-refractivity contribution in [3.8, 4) is 0 Å². The van der Waals surface area contributed by atoms with Gasteiger partial charge in [0.25, 0.3) is 0 Å². The van der Waals surface area contributed by atoms with Gasteiger partial charge in [-0.25, -0.2) is 8.78 Å². The minimum Gasteiger partial charge on any atom is -0.328 e. The number of aromatic nitrogens is 2. The predicted octanol–water partition coefficient (Wildman–Crippen LogP) is 3.55. The van der Waals surface area contributed by atoms with Gasteiger partial charge in [-0.15, -0.1) is 6.58 Å². The average Bonchev–Trinajstić information content (AvgIpc) is 2.53. The number of H-pyrrole nitrogens is 1. The second kappa shape index (κ2) is 4.17. The van der Waals surface area contributed by atoms with E-state index in [4.69, 9.17) is 12.2 Å². The topological polar surface area (TPSA) is 20.7 Å². The molecule has 16 heavy (non-hydrogen) atoms. The summed E-state index contributed by atoms with van der Waals surface area (Å²) < 4.78 is 28.6. The van der Waals surface area contributed by atoms with Crippen LogP contribution in [0.5, 0.6) is 0 Å². The zero-order chi connectivity index (χ0) is 11.7. The van der Waals surface area contributed by atoms with Crippen molar-refractivity contribution in [3.63, 3.8) is 0 Å². The number of allylic oxidation sites excluding steroid dienone is 1. The molecule has 0 saturated carbocycles. The standard InChI is InChI=1S/C11H10F2N2S/c1-2-3-4-15-9-6-7(12)5-8(13)10(9)14-11(15)16/h2,5-6H,1,3-4H2,(H,14,16). The Labute approximate surface area is 96.2 Å². The molecule has 84 valence electrons. The second-order valence-corrected chi connectivity index (χ2v) is 3.83. The molecule has 0 unspecified atom stereocenters. The van der Waals surface area contributed by atoms with Crippen LogP contribution in [-0.2, 0) is 6.54 Å². The predicted molar refractivity (Wildman–Crippen MR) is 61.9 cm³/mol. The monoisotopic (exact) mass is 240 g/mol. The van der Waals surface area contributed by atoms with Crippen molar-refractivity contribution in [1.29, 1.82) is 0 Å². The Bertz CT molecular complexity index is 598. The van der Waals surface area contributed by atoms with Gasteiger partial charge < -0.3 is 9.55 Å². The van der Waals surface area contributed by atoms with Gasteiger partial charge in [0.05, 0.1) is 5.52 Å². The van der Waals surface area contributed by atoms with Crippen LogP contribution >= 0.6 is 12.2 Å². The first-order chi connectivity index (χ1) is 7.63. The molecule has 2 rings (SSSR count). The molecule has 2 nitrogen and oxygen atoms in total. The van der Waals surface area contributed by atoms with Crippen LogP contribution in [0.3, 0.4) is 0 Å². The van der Waals surface area contributed by atoms with Crippen LogP contribution in [0.15, 0.2) is 24.8 Å². The summed E-state index contributed by atoms with van der Waals surface area (Å²) in [6.45, 7) is 4.16. The van der Waals surface area contributed by atoms with Gasteiger partial charge in [-0.05, 0) is 24.7 Å². The molecule has 0 radical (unpaired) electrons. The molecule has 0 aliphatic rings. The largest absolute Gasteiger partial charge is 0.328 e. The Kier molecular flexibility index (Phi) is 2.87. The van der Waals surface area contributed by atoms with Gasteiger partial charge in [0.2, 0.25) is 0 Å². The van der Waals surface area contributed by atoms with Gasteiger partial charge in [-0.1, -0.05) is 6.08 Å². The first-order valence-electron chi connectivity index (χ1n) is 4.82. The molecule has 0 atom stereocenters. The Morgan fingerprint density at radius 3 is 2.88 bits per heavy atom. The number of nitrogens with one attached hydrogen (secondary N) is 1. The molecule has 0 bridgehead atoms. The van der Waals surface area contributed by atoms with Crippen LogP contribution in [-0.4, -0.2) is 9.55 Å². The summed E-state index contributed by atoms with van der Waals surface area (Å²) in [5.74, 6) is -1.23. The lowest BCUT2D eigenvalue weighted by Gasteiger charge is -2.01. The maximum absolute atomic E-state index is 13.4. The van der Waals surface area contributed by atoms with Crippen LogP contribution in [0, 0.1) is 16.4 Å². The van der Waals surface area contributed by atoms with E-state index in [1.807, 2.05) is 0 Å². The first kappa shape index (κ1) is 11.0. The molecular formula is C11H10F2N2S. The Morgan fingerprint density at radius 2 is 2.19 bits per heavy atom.